The van der Waals surface area contributed by atoms with Crippen LogP contribution < -0.4 is 10.9 Å². The Morgan fingerprint density at radius 1 is 1.00 bits per heavy atom. The number of carboxylic acids is 2. The highest BCUT2D eigenvalue weighted by molar-refractivity contribution is 5.93. The number of hydrogen-bond donors (Lipinski definition) is 4. The Bertz CT molecular complexity index is 440. The van der Waals surface area contributed by atoms with Crippen molar-refractivity contribution >= 4 is 17.8 Å². The molecule has 1 aromatic carbocycles. The monoisotopic (exact) mass is 266 g/mol. The maximum atomic E-state index is 11.1. The molecule has 7 nitrogen and oxygen atoms in total. The smallest absolute Gasteiger partial charge is 0.328 e. The van der Waals surface area contributed by atoms with Crippen LogP contribution in [0, 0.1) is 0 Å². The van der Waals surface area contributed by atoms with Gasteiger partial charge in [-0.15, -0.1) is 0 Å². The van der Waals surface area contributed by atoms with Crippen LogP contribution in [-0.4, -0.2) is 35.1 Å². The van der Waals surface area contributed by atoms with Gasteiger partial charge in [-0.3, -0.25) is 10.2 Å². The van der Waals surface area contributed by atoms with Crippen molar-refractivity contribution in [2.75, 3.05) is 7.05 Å². The minimum Gasteiger partial charge on any atom is -0.478 e. The topological polar surface area (TPSA) is 116 Å². The van der Waals surface area contributed by atoms with Gasteiger partial charge in [-0.05, 0) is 12.1 Å². The molecule has 0 heterocycles. The van der Waals surface area contributed by atoms with Crippen LogP contribution in [0.2, 0.25) is 0 Å². The Morgan fingerprint density at radius 2 is 1.47 bits per heavy atom. The molecule has 0 fully saturated rings. The summed E-state index contributed by atoms with van der Waals surface area (Å²) >= 11 is 0. The molecule has 0 bridgehead atoms. The third kappa shape index (κ3) is 9.07. The zero-order chi connectivity index (χ0) is 14.7. The lowest BCUT2D eigenvalue weighted by Crippen LogP contribution is -2.33. The van der Waals surface area contributed by atoms with Crippen molar-refractivity contribution in [3.8, 4) is 0 Å². The van der Waals surface area contributed by atoms with Gasteiger partial charge in [0.2, 0.25) is 0 Å². The third-order valence-corrected chi connectivity index (χ3v) is 1.64. The fourth-order valence-electron chi connectivity index (χ4n) is 0.918. The fourth-order valence-corrected chi connectivity index (χ4v) is 0.918. The van der Waals surface area contributed by atoms with Gasteiger partial charge in [-0.25, -0.2) is 15.0 Å². The van der Waals surface area contributed by atoms with E-state index in [4.69, 9.17) is 10.2 Å². The van der Waals surface area contributed by atoms with E-state index >= 15 is 0 Å². The van der Waals surface area contributed by atoms with Gasteiger partial charge in [0.15, 0.2) is 0 Å². The SMILES string of the molecule is CNNC(=O)c1ccccc1.O=C(O)/C=C\C(=O)O. The predicted molar refractivity (Wildman–Crippen MR) is 67.4 cm³/mol. The van der Waals surface area contributed by atoms with E-state index in [0.29, 0.717) is 17.7 Å². The van der Waals surface area contributed by atoms with Crippen molar-refractivity contribution in [1.82, 2.24) is 10.9 Å². The predicted octanol–water partition coefficient (Wildman–Crippen LogP) is 0.263. The summed E-state index contributed by atoms with van der Waals surface area (Å²) in [5.41, 5.74) is 5.69. The first-order valence-electron chi connectivity index (χ1n) is 5.13. The molecule has 102 valence electrons. The molecule has 0 spiro atoms. The van der Waals surface area contributed by atoms with Crippen molar-refractivity contribution in [2.45, 2.75) is 0 Å². The molecule has 0 saturated heterocycles. The lowest BCUT2D eigenvalue weighted by molar-refractivity contribution is -0.134. The number of amides is 1. The molecule has 19 heavy (non-hydrogen) atoms. The molecule has 0 aliphatic rings. The lowest BCUT2D eigenvalue weighted by atomic mass is 10.2. The van der Waals surface area contributed by atoms with Crippen LogP contribution in [0.1, 0.15) is 10.4 Å². The number of rotatable bonds is 4. The van der Waals surface area contributed by atoms with Gasteiger partial charge >= 0.3 is 11.9 Å². The van der Waals surface area contributed by atoms with Crippen molar-refractivity contribution in [2.24, 2.45) is 0 Å². The van der Waals surface area contributed by atoms with Crippen LogP contribution in [0.5, 0.6) is 0 Å². The van der Waals surface area contributed by atoms with Crippen LogP contribution in [0.3, 0.4) is 0 Å². The highest BCUT2D eigenvalue weighted by atomic mass is 16.4. The van der Waals surface area contributed by atoms with E-state index in [1.165, 1.54) is 0 Å². The second kappa shape index (κ2) is 9.37. The molecular weight excluding hydrogens is 252 g/mol. The molecule has 1 aromatic rings. The average molecular weight is 266 g/mol. The molecular formula is C12H14N2O5. The highest BCUT2D eigenvalue weighted by Crippen LogP contribution is 1.96. The maximum Gasteiger partial charge on any atom is 0.328 e. The number of carbonyl (C=O) groups excluding carboxylic acids is 1. The van der Waals surface area contributed by atoms with Gasteiger partial charge in [0.25, 0.3) is 5.91 Å². The van der Waals surface area contributed by atoms with Gasteiger partial charge in [0.1, 0.15) is 0 Å². The molecule has 0 saturated carbocycles. The number of aliphatic carboxylic acids is 2. The van der Waals surface area contributed by atoms with Gasteiger partial charge < -0.3 is 10.2 Å². The molecule has 0 aromatic heterocycles. The molecule has 0 radical (unpaired) electrons. The second-order valence-electron chi connectivity index (χ2n) is 3.08. The second-order valence-corrected chi connectivity index (χ2v) is 3.08. The number of carbonyl (C=O) groups is 3. The van der Waals surface area contributed by atoms with Crippen LogP contribution in [0.15, 0.2) is 42.5 Å². The summed E-state index contributed by atoms with van der Waals surface area (Å²) in [7, 11) is 1.65. The first-order valence-corrected chi connectivity index (χ1v) is 5.13. The number of carboxylic acid groups (broad SMARTS) is 2. The quantitative estimate of drug-likeness (QED) is 0.459. The lowest BCUT2D eigenvalue weighted by Gasteiger charge is -2.00. The van der Waals surface area contributed by atoms with E-state index in [9.17, 15) is 14.4 Å². The summed E-state index contributed by atoms with van der Waals surface area (Å²) < 4.78 is 0. The summed E-state index contributed by atoms with van der Waals surface area (Å²) in [6.45, 7) is 0. The standard InChI is InChI=1S/C8H10N2O.C4H4O4/c1-9-10-8(11)7-5-3-2-4-6-7;5-3(6)1-2-4(7)8/h2-6,9H,1H3,(H,10,11);1-2H,(H,5,6)(H,7,8)/b;2-1-. The Kier molecular flexibility index (Phi) is 8.05. The van der Waals surface area contributed by atoms with E-state index in [1.807, 2.05) is 18.2 Å². The van der Waals surface area contributed by atoms with Crippen LogP contribution in [0.25, 0.3) is 0 Å². The zero-order valence-corrected chi connectivity index (χ0v) is 10.2. The molecule has 4 N–H and O–H groups in total. The van der Waals surface area contributed by atoms with E-state index in [1.54, 1.807) is 19.2 Å². The molecule has 1 amide bonds. The van der Waals surface area contributed by atoms with Crippen molar-refractivity contribution in [3.05, 3.63) is 48.0 Å². The minimum atomic E-state index is -1.26. The van der Waals surface area contributed by atoms with E-state index < -0.39 is 11.9 Å². The summed E-state index contributed by atoms with van der Waals surface area (Å²) in [4.78, 5) is 30.2. The van der Waals surface area contributed by atoms with E-state index in [0.717, 1.165) is 0 Å². The number of nitrogens with one attached hydrogen (secondary N) is 2. The van der Waals surface area contributed by atoms with Crippen molar-refractivity contribution in [3.63, 3.8) is 0 Å². The van der Waals surface area contributed by atoms with E-state index in [2.05, 4.69) is 10.9 Å². The average Bonchev–Trinajstić information content (AvgIpc) is 2.38. The van der Waals surface area contributed by atoms with Crippen LogP contribution in [-0.2, 0) is 9.59 Å². The number of hydrazine groups is 1. The first kappa shape index (κ1) is 16.3. The molecule has 0 atom stereocenters. The Labute approximate surface area is 109 Å². The van der Waals surface area contributed by atoms with Crippen molar-refractivity contribution < 1.29 is 24.6 Å². The summed E-state index contributed by atoms with van der Waals surface area (Å²) in [5.74, 6) is -2.63. The van der Waals surface area contributed by atoms with Crippen LogP contribution >= 0.6 is 0 Å². The zero-order valence-electron chi connectivity index (χ0n) is 10.2. The number of benzene rings is 1. The Morgan fingerprint density at radius 3 is 1.84 bits per heavy atom. The van der Waals surface area contributed by atoms with Crippen molar-refractivity contribution in [1.29, 1.82) is 0 Å². The molecule has 7 heteroatoms. The Hall–Kier alpha value is -2.67. The first-order chi connectivity index (χ1) is 8.97. The molecule has 1 rings (SSSR count). The summed E-state index contributed by atoms with van der Waals surface area (Å²) in [6, 6.07) is 9.03. The van der Waals surface area contributed by atoms with Crippen LogP contribution in [0.4, 0.5) is 0 Å². The molecule has 0 aliphatic heterocycles. The highest BCUT2D eigenvalue weighted by Gasteiger charge is 1.99. The van der Waals surface area contributed by atoms with Gasteiger partial charge in [0.05, 0.1) is 0 Å². The van der Waals surface area contributed by atoms with Gasteiger partial charge in [-0.2, -0.15) is 0 Å². The fraction of sp³-hybridized carbons (Fsp3) is 0.0833. The maximum absolute atomic E-state index is 11.1. The molecule has 0 aliphatic carbocycles. The van der Waals surface area contributed by atoms with Gasteiger partial charge in [0, 0.05) is 24.8 Å². The van der Waals surface area contributed by atoms with E-state index in [-0.39, 0.29) is 5.91 Å². The number of hydrogen-bond acceptors (Lipinski definition) is 4. The third-order valence-electron chi connectivity index (χ3n) is 1.64. The molecule has 0 unspecified atom stereocenters. The van der Waals surface area contributed by atoms with Gasteiger partial charge in [-0.1, -0.05) is 18.2 Å². The summed E-state index contributed by atoms with van der Waals surface area (Å²) in [6.07, 6.45) is 1.12. The Balaban J connectivity index is 0.000000362. The summed E-state index contributed by atoms with van der Waals surface area (Å²) in [5, 5.41) is 15.6. The normalized spacial score (nSPS) is 9.32. The largest absolute Gasteiger partial charge is 0.478 e. The minimum absolute atomic E-state index is 0.117.